The third-order valence-corrected chi connectivity index (χ3v) is 7.12. The van der Waals surface area contributed by atoms with Gasteiger partial charge in [-0.15, -0.1) is 11.3 Å². The summed E-state index contributed by atoms with van der Waals surface area (Å²) in [7, 11) is -1.96. The van der Waals surface area contributed by atoms with E-state index in [1.165, 1.54) is 6.92 Å². The second-order valence-corrected chi connectivity index (χ2v) is 8.70. The molecule has 1 unspecified atom stereocenters. The van der Waals surface area contributed by atoms with Crippen molar-refractivity contribution in [2.75, 3.05) is 27.3 Å². The first-order valence-electron chi connectivity index (χ1n) is 7.11. The Morgan fingerprint density at radius 3 is 2.32 bits per heavy atom. The number of carboxylic acids is 1. The van der Waals surface area contributed by atoms with Crippen LogP contribution in [0.15, 0.2) is 11.0 Å². The summed E-state index contributed by atoms with van der Waals surface area (Å²) in [6.07, 6.45) is 0.142. The van der Waals surface area contributed by atoms with Crippen LogP contribution in [0.2, 0.25) is 0 Å². The molecular weight excluding hydrogens is 374 g/mol. The van der Waals surface area contributed by atoms with Crippen molar-refractivity contribution in [3.05, 3.63) is 15.8 Å². The van der Waals surface area contributed by atoms with Crippen molar-refractivity contribution in [1.82, 2.24) is 4.31 Å². The Kier molecular flexibility index (Phi) is 5.21. The highest BCUT2D eigenvalue weighted by molar-refractivity contribution is 7.89. The number of carbonyl (C=O) groups excluding carboxylic acids is 2. The van der Waals surface area contributed by atoms with Crippen LogP contribution in [0, 0.1) is 5.41 Å². The largest absolute Gasteiger partial charge is 0.481 e. The number of hydrogen-bond acceptors (Lipinski definition) is 8. The summed E-state index contributed by atoms with van der Waals surface area (Å²) in [5, 5.41) is 9.26. The summed E-state index contributed by atoms with van der Waals surface area (Å²) in [5.74, 6) is -2.79. The van der Waals surface area contributed by atoms with Crippen LogP contribution in [-0.2, 0) is 24.3 Å². The molecule has 0 amide bonds. The maximum atomic E-state index is 12.9. The summed E-state index contributed by atoms with van der Waals surface area (Å²) in [6, 6.07) is 1.05. The molecule has 1 aliphatic rings. The Morgan fingerprint density at radius 2 is 1.84 bits per heavy atom. The first-order chi connectivity index (χ1) is 11.6. The van der Waals surface area contributed by atoms with Crippen molar-refractivity contribution in [1.29, 1.82) is 0 Å². The molecule has 0 aromatic carbocycles. The monoisotopic (exact) mass is 391 g/mol. The molecule has 0 radical (unpaired) electrons. The Hall–Kier alpha value is -1.98. The Labute approximate surface area is 148 Å². The number of thiophene rings is 1. The van der Waals surface area contributed by atoms with Gasteiger partial charge in [-0.05, 0) is 19.4 Å². The lowest BCUT2D eigenvalue weighted by molar-refractivity contribution is -0.146. The lowest BCUT2D eigenvalue weighted by atomic mass is 9.90. The fourth-order valence-electron chi connectivity index (χ4n) is 2.44. The van der Waals surface area contributed by atoms with Crippen LogP contribution in [0.5, 0.6) is 0 Å². The third-order valence-electron chi connectivity index (χ3n) is 4.03. The first-order valence-corrected chi connectivity index (χ1v) is 9.36. The van der Waals surface area contributed by atoms with Gasteiger partial charge in [0.1, 0.15) is 14.6 Å². The second-order valence-electron chi connectivity index (χ2n) is 5.74. The molecule has 11 heteroatoms. The van der Waals surface area contributed by atoms with E-state index >= 15 is 0 Å². The fourth-order valence-corrected chi connectivity index (χ4v) is 5.49. The van der Waals surface area contributed by atoms with Crippen molar-refractivity contribution in [2.24, 2.45) is 5.41 Å². The van der Waals surface area contributed by atoms with Crippen molar-refractivity contribution in [2.45, 2.75) is 18.2 Å². The highest BCUT2D eigenvalue weighted by Crippen LogP contribution is 2.36. The fraction of sp³-hybridized carbons (Fsp3) is 0.500. The second kappa shape index (κ2) is 6.73. The van der Waals surface area contributed by atoms with Gasteiger partial charge in [0.2, 0.25) is 10.0 Å². The minimum atomic E-state index is -4.18. The van der Waals surface area contributed by atoms with Crippen LogP contribution in [0.4, 0.5) is 0 Å². The predicted molar refractivity (Wildman–Crippen MR) is 86.1 cm³/mol. The molecule has 0 aliphatic carbocycles. The Bertz CT molecular complexity index is 828. The number of sulfonamides is 1. The minimum Gasteiger partial charge on any atom is -0.481 e. The molecule has 1 saturated heterocycles. The zero-order chi connectivity index (χ0) is 19.0. The SMILES string of the molecule is COC(=O)c1cc(S(=O)(=O)N2CCC(C)(C(=O)O)C2)c(C(=O)OC)s1. The lowest BCUT2D eigenvalue weighted by Crippen LogP contribution is -2.35. The van der Waals surface area contributed by atoms with Crippen LogP contribution in [-0.4, -0.2) is 63.0 Å². The number of ether oxygens (including phenoxy) is 2. The third kappa shape index (κ3) is 3.39. The minimum absolute atomic E-state index is 0.00481. The molecule has 1 N–H and O–H groups in total. The molecule has 25 heavy (non-hydrogen) atoms. The Morgan fingerprint density at radius 1 is 1.24 bits per heavy atom. The maximum Gasteiger partial charge on any atom is 0.349 e. The molecule has 9 nitrogen and oxygen atoms in total. The van der Waals surface area contributed by atoms with E-state index in [2.05, 4.69) is 9.47 Å². The van der Waals surface area contributed by atoms with Gasteiger partial charge < -0.3 is 14.6 Å². The van der Waals surface area contributed by atoms with Crippen molar-refractivity contribution in [3.8, 4) is 0 Å². The van der Waals surface area contributed by atoms with Gasteiger partial charge in [-0.1, -0.05) is 0 Å². The number of aliphatic carboxylic acids is 1. The van der Waals surface area contributed by atoms with E-state index in [1.807, 2.05) is 0 Å². The van der Waals surface area contributed by atoms with E-state index in [4.69, 9.17) is 0 Å². The number of nitrogens with zero attached hydrogens (tertiary/aromatic N) is 1. The number of rotatable bonds is 5. The summed E-state index contributed by atoms with van der Waals surface area (Å²) in [5.41, 5.74) is -1.21. The zero-order valence-corrected chi connectivity index (χ0v) is 15.4. The number of carbonyl (C=O) groups is 3. The lowest BCUT2D eigenvalue weighted by Gasteiger charge is -2.20. The van der Waals surface area contributed by atoms with Crippen LogP contribution in [0.1, 0.15) is 32.7 Å². The first kappa shape index (κ1) is 19.3. The summed E-state index contributed by atoms with van der Waals surface area (Å²) < 4.78 is 35.9. The smallest absolute Gasteiger partial charge is 0.349 e. The van der Waals surface area contributed by atoms with Gasteiger partial charge in [-0.2, -0.15) is 4.31 Å². The maximum absolute atomic E-state index is 12.9. The van der Waals surface area contributed by atoms with Gasteiger partial charge in [0, 0.05) is 13.1 Å². The van der Waals surface area contributed by atoms with Crippen molar-refractivity contribution in [3.63, 3.8) is 0 Å². The number of carboxylic acid groups (broad SMARTS) is 1. The van der Waals surface area contributed by atoms with Gasteiger partial charge in [0.25, 0.3) is 0 Å². The van der Waals surface area contributed by atoms with Gasteiger partial charge >= 0.3 is 17.9 Å². The molecule has 138 valence electrons. The topological polar surface area (TPSA) is 127 Å². The van der Waals surface area contributed by atoms with Gasteiger partial charge in [-0.25, -0.2) is 18.0 Å². The van der Waals surface area contributed by atoms with E-state index in [9.17, 15) is 27.9 Å². The average molecular weight is 391 g/mol. The predicted octanol–water partition coefficient (Wildman–Crippen LogP) is 0.807. The number of methoxy groups -OCH3 is 2. The zero-order valence-electron chi connectivity index (χ0n) is 13.8. The highest BCUT2D eigenvalue weighted by atomic mass is 32.2. The van der Waals surface area contributed by atoms with E-state index in [0.717, 1.165) is 24.6 Å². The number of esters is 2. The molecule has 1 fully saturated rings. The van der Waals surface area contributed by atoms with Crippen LogP contribution in [0.3, 0.4) is 0 Å². The van der Waals surface area contributed by atoms with E-state index in [-0.39, 0.29) is 34.2 Å². The van der Waals surface area contributed by atoms with Crippen molar-refractivity contribution < 1.29 is 37.4 Å². The van der Waals surface area contributed by atoms with Crippen LogP contribution < -0.4 is 0 Å². The standard InChI is InChI=1S/C14H17NO8S2/c1-14(13(18)19)4-5-15(7-14)25(20,21)9-6-8(11(16)22-2)24-10(9)12(17)23-3/h6H,4-5,7H2,1-3H3,(H,18,19). The molecule has 0 bridgehead atoms. The molecular formula is C14H17NO8S2. The molecule has 1 aromatic heterocycles. The van der Waals surface area contributed by atoms with Crippen molar-refractivity contribution >= 4 is 39.3 Å². The van der Waals surface area contributed by atoms with Gasteiger partial charge in [0.05, 0.1) is 19.6 Å². The van der Waals surface area contributed by atoms with Gasteiger partial charge in [-0.3, -0.25) is 4.79 Å². The quantitative estimate of drug-likeness (QED) is 0.731. The summed E-state index contributed by atoms with van der Waals surface area (Å²) >= 11 is 0.645. The Balaban J connectivity index is 2.49. The van der Waals surface area contributed by atoms with E-state index in [0.29, 0.717) is 11.3 Å². The molecule has 1 atom stereocenters. The number of hydrogen-bond donors (Lipinski definition) is 1. The summed E-state index contributed by atoms with van der Waals surface area (Å²) in [4.78, 5) is 34.2. The average Bonchev–Trinajstić information content (AvgIpc) is 3.19. The molecule has 1 aliphatic heterocycles. The molecule has 1 aromatic rings. The van der Waals surface area contributed by atoms with E-state index < -0.39 is 33.3 Å². The van der Waals surface area contributed by atoms with E-state index in [1.54, 1.807) is 0 Å². The van der Waals surface area contributed by atoms with Crippen LogP contribution >= 0.6 is 11.3 Å². The molecule has 0 spiro atoms. The molecule has 2 heterocycles. The normalized spacial score (nSPS) is 21.1. The van der Waals surface area contributed by atoms with Gasteiger partial charge in [0.15, 0.2) is 0 Å². The highest BCUT2D eigenvalue weighted by Gasteiger charge is 2.46. The molecule has 0 saturated carbocycles. The summed E-state index contributed by atoms with van der Waals surface area (Å²) in [6.45, 7) is 1.23. The molecule has 2 rings (SSSR count). The van der Waals surface area contributed by atoms with Crippen LogP contribution in [0.25, 0.3) is 0 Å².